The van der Waals surface area contributed by atoms with Gasteiger partial charge >= 0.3 is 0 Å². The highest BCUT2D eigenvalue weighted by Crippen LogP contribution is 2.44. The second kappa shape index (κ2) is 7.32. The third-order valence-corrected chi connectivity index (χ3v) is 6.57. The monoisotopic (exact) mass is 356 g/mol. The molecule has 1 amide bonds. The van der Waals surface area contributed by atoms with Crippen LogP contribution in [0.1, 0.15) is 30.4 Å². The highest BCUT2D eigenvalue weighted by Gasteiger charge is 2.50. The minimum absolute atomic E-state index is 0.237. The van der Waals surface area contributed by atoms with Gasteiger partial charge in [0.25, 0.3) is 0 Å². The Balaban J connectivity index is 1.35. The molecule has 3 aliphatic rings. The lowest BCUT2D eigenvalue weighted by Crippen LogP contribution is -2.38. The fraction of sp³-hybridized carbons (Fsp3) is 0.682. The molecule has 0 radical (unpaired) electrons. The molecule has 0 N–H and O–H groups in total. The summed E-state index contributed by atoms with van der Waals surface area (Å²) in [6.45, 7) is 7.88. The second-order valence-electron chi connectivity index (χ2n) is 8.96. The first-order valence-electron chi connectivity index (χ1n) is 10.1. The Morgan fingerprint density at radius 1 is 1.19 bits per heavy atom. The molecule has 4 heteroatoms. The summed E-state index contributed by atoms with van der Waals surface area (Å²) in [4.78, 5) is 17.4. The average molecular weight is 357 g/mol. The molecule has 2 atom stereocenters. The zero-order valence-corrected chi connectivity index (χ0v) is 16.2. The average Bonchev–Trinajstić information content (AvgIpc) is 3.26. The molecule has 0 bridgehead atoms. The molecule has 1 saturated carbocycles. The van der Waals surface area contributed by atoms with Gasteiger partial charge in [-0.3, -0.25) is 4.79 Å². The van der Waals surface area contributed by atoms with Crippen LogP contribution in [0.3, 0.4) is 0 Å². The van der Waals surface area contributed by atoms with E-state index >= 15 is 0 Å². The van der Waals surface area contributed by atoms with Crippen molar-refractivity contribution in [3.8, 4) is 0 Å². The van der Waals surface area contributed by atoms with E-state index < -0.39 is 0 Å². The van der Waals surface area contributed by atoms with Gasteiger partial charge in [-0.25, -0.2) is 0 Å². The standard InChI is InChI=1S/C22H32N2O2/c1-17-3-5-18(6-4-17)11-21(25)24-10-9-22(16-24)15-23(2)12-20(22)14-26-13-19-7-8-19/h3-6,19-20H,7-16H2,1-2H3/t20-,22-/m0/s1. The summed E-state index contributed by atoms with van der Waals surface area (Å²) in [7, 11) is 2.21. The van der Waals surface area contributed by atoms with Crippen LogP contribution < -0.4 is 0 Å². The molecule has 4 nitrogen and oxygen atoms in total. The van der Waals surface area contributed by atoms with Crippen LogP contribution in [-0.2, 0) is 16.0 Å². The Morgan fingerprint density at radius 2 is 1.96 bits per heavy atom. The SMILES string of the molecule is Cc1ccc(CC(=O)N2CC[C@]3(CN(C)C[C@H]3COCC3CC3)C2)cc1. The Kier molecular flexibility index (Phi) is 5.07. The van der Waals surface area contributed by atoms with E-state index in [1.165, 1.54) is 18.4 Å². The van der Waals surface area contributed by atoms with Crippen LogP contribution >= 0.6 is 0 Å². The van der Waals surface area contributed by atoms with Crippen LogP contribution in [0, 0.1) is 24.2 Å². The van der Waals surface area contributed by atoms with E-state index in [1.54, 1.807) is 0 Å². The number of carbonyl (C=O) groups is 1. The molecule has 2 saturated heterocycles. The van der Waals surface area contributed by atoms with Crippen molar-refractivity contribution in [1.29, 1.82) is 0 Å². The van der Waals surface area contributed by atoms with Crippen LogP contribution in [0.2, 0.25) is 0 Å². The van der Waals surface area contributed by atoms with Gasteiger partial charge in [-0.15, -0.1) is 0 Å². The van der Waals surface area contributed by atoms with Crippen molar-refractivity contribution in [3.05, 3.63) is 35.4 Å². The quantitative estimate of drug-likeness (QED) is 0.786. The van der Waals surface area contributed by atoms with Gasteiger partial charge in [-0.1, -0.05) is 29.8 Å². The lowest BCUT2D eigenvalue weighted by atomic mass is 9.77. The maximum Gasteiger partial charge on any atom is 0.227 e. The second-order valence-corrected chi connectivity index (χ2v) is 8.96. The fourth-order valence-electron chi connectivity index (χ4n) is 4.76. The fourth-order valence-corrected chi connectivity index (χ4v) is 4.76. The largest absolute Gasteiger partial charge is 0.381 e. The Morgan fingerprint density at radius 3 is 2.69 bits per heavy atom. The van der Waals surface area contributed by atoms with Crippen LogP contribution in [0.15, 0.2) is 24.3 Å². The topological polar surface area (TPSA) is 32.8 Å². The van der Waals surface area contributed by atoms with Crippen molar-refractivity contribution in [2.75, 3.05) is 46.4 Å². The highest BCUT2D eigenvalue weighted by atomic mass is 16.5. The van der Waals surface area contributed by atoms with Crippen molar-refractivity contribution in [2.24, 2.45) is 17.3 Å². The van der Waals surface area contributed by atoms with Crippen molar-refractivity contribution in [2.45, 2.75) is 32.6 Å². The number of rotatable bonds is 6. The molecular weight excluding hydrogens is 324 g/mol. The van der Waals surface area contributed by atoms with Crippen LogP contribution in [0.25, 0.3) is 0 Å². The van der Waals surface area contributed by atoms with E-state index in [0.29, 0.717) is 12.3 Å². The maximum atomic E-state index is 12.8. The predicted octanol–water partition coefficient (Wildman–Crippen LogP) is 2.74. The molecule has 1 spiro atoms. The zero-order chi connectivity index (χ0) is 18.1. The minimum Gasteiger partial charge on any atom is -0.381 e. The first-order valence-corrected chi connectivity index (χ1v) is 10.1. The molecule has 0 aromatic heterocycles. The molecule has 1 aliphatic carbocycles. The summed E-state index contributed by atoms with van der Waals surface area (Å²) in [5, 5.41) is 0. The van der Waals surface area contributed by atoms with E-state index in [0.717, 1.165) is 57.3 Å². The van der Waals surface area contributed by atoms with Gasteiger partial charge in [-0.05, 0) is 44.7 Å². The van der Waals surface area contributed by atoms with E-state index in [-0.39, 0.29) is 11.3 Å². The van der Waals surface area contributed by atoms with Gasteiger partial charge in [0.05, 0.1) is 13.0 Å². The lowest BCUT2D eigenvalue weighted by Gasteiger charge is -2.30. The van der Waals surface area contributed by atoms with E-state index in [4.69, 9.17) is 4.74 Å². The number of nitrogens with zero attached hydrogens (tertiary/aromatic N) is 2. The number of benzene rings is 1. The van der Waals surface area contributed by atoms with E-state index in [2.05, 4.69) is 48.0 Å². The van der Waals surface area contributed by atoms with Gasteiger partial charge in [0.15, 0.2) is 0 Å². The molecule has 1 aromatic carbocycles. The van der Waals surface area contributed by atoms with Crippen molar-refractivity contribution >= 4 is 5.91 Å². The van der Waals surface area contributed by atoms with Crippen LogP contribution in [0.4, 0.5) is 0 Å². The summed E-state index contributed by atoms with van der Waals surface area (Å²) in [5.41, 5.74) is 2.60. The third kappa shape index (κ3) is 3.96. The van der Waals surface area contributed by atoms with Crippen molar-refractivity contribution < 1.29 is 9.53 Å². The number of ether oxygens (including phenoxy) is 1. The number of hydrogen-bond acceptors (Lipinski definition) is 3. The Bertz CT molecular complexity index is 640. The number of carbonyl (C=O) groups excluding carboxylic acids is 1. The summed E-state index contributed by atoms with van der Waals surface area (Å²) in [6.07, 6.45) is 4.33. The molecule has 0 unspecified atom stereocenters. The van der Waals surface area contributed by atoms with Gasteiger partial charge in [0.2, 0.25) is 5.91 Å². The van der Waals surface area contributed by atoms with Crippen molar-refractivity contribution in [3.63, 3.8) is 0 Å². The van der Waals surface area contributed by atoms with E-state index in [9.17, 15) is 4.79 Å². The summed E-state index contributed by atoms with van der Waals surface area (Å²) >= 11 is 0. The molecule has 1 aromatic rings. The molecule has 2 aliphatic heterocycles. The number of amides is 1. The molecule has 142 valence electrons. The predicted molar refractivity (Wildman–Crippen MR) is 103 cm³/mol. The van der Waals surface area contributed by atoms with Crippen LogP contribution in [0.5, 0.6) is 0 Å². The Labute approximate surface area is 157 Å². The molecular formula is C22H32N2O2. The molecule has 3 fully saturated rings. The number of hydrogen-bond donors (Lipinski definition) is 0. The van der Waals surface area contributed by atoms with Crippen molar-refractivity contribution in [1.82, 2.24) is 9.80 Å². The maximum absolute atomic E-state index is 12.8. The normalized spacial score (nSPS) is 29.0. The number of aryl methyl sites for hydroxylation is 1. The highest BCUT2D eigenvalue weighted by molar-refractivity contribution is 5.79. The summed E-state index contributed by atoms with van der Waals surface area (Å²) < 4.78 is 6.05. The van der Waals surface area contributed by atoms with Gasteiger partial charge in [-0.2, -0.15) is 0 Å². The molecule has 2 heterocycles. The van der Waals surface area contributed by atoms with Gasteiger partial charge in [0.1, 0.15) is 0 Å². The zero-order valence-electron chi connectivity index (χ0n) is 16.2. The smallest absolute Gasteiger partial charge is 0.227 e. The molecule has 4 rings (SSSR count). The molecule has 26 heavy (non-hydrogen) atoms. The third-order valence-electron chi connectivity index (χ3n) is 6.57. The lowest BCUT2D eigenvalue weighted by molar-refractivity contribution is -0.130. The summed E-state index contributed by atoms with van der Waals surface area (Å²) in [5.74, 6) is 1.66. The van der Waals surface area contributed by atoms with Crippen LogP contribution in [-0.4, -0.2) is 62.1 Å². The first kappa shape index (κ1) is 18.0. The van der Waals surface area contributed by atoms with Gasteiger partial charge < -0.3 is 14.5 Å². The number of likely N-dealkylation sites (tertiary alicyclic amines) is 2. The minimum atomic E-state index is 0.237. The summed E-state index contributed by atoms with van der Waals surface area (Å²) in [6, 6.07) is 8.34. The Hall–Kier alpha value is -1.39. The first-order chi connectivity index (χ1) is 12.5. The van der Waals surface area contributed by atoms with E-state index in [1.807, 2.05) is 0 Å². The van der Waals surface area contributed by atoms with Gasteiger partial charge in [0, 0.05) is 44.1 Å².